The first-order valence-corrected chi connectivity index (χ1v) is 16.6. The molecular weight excluding hydrogens is 655 g/mol. The van der Waals surface area contributed by atoms with Crippen LogP contribution in [0.1, 0.15) is 40.3 Å². The van der Waals surface area contributed by atoms with Crippen LogP contribution in [0.5, 0.6) is 11.6 Å². The van der Waals surface area contributed by atoms with Gasteiger partial charge in [-0.2, -0.15) is 0 Å². The number of nitrogens with one attached hydrogen (secondary N) is 1. The van der Waals surface area contributed by atoms with E-state index in [1.54, 1.807) is 38.6 Å². The Balaban J connectivity index is 1.25. The van der Waals surface area contributed by atoms with Crippen LogP contribution >= 0.6 is 23.2 Å². The number of aliphatic hydroxyl groups is 2. The maximum absolute atomic E-state index is 13.5. The van der Waals surface area contributed by atoms with E-state index in [9.17, 15) is 15.0 Å². The second-order valence-corrected chi connectivity index (χ2v) is 12.6. The molecule has 0 aliphatic carbocycles. The number of pyridine rings is 1. The lowest BCUT2D eigenvalue weighted by Gasteiger charge is -2.29. The van der Waals surface area contributed by atoms with E-state index in [0.717, 1.165) is 43.7 Å². The number of amides is 1. The Hall–Kier alpha value is -3.84. The number of hydrogen-bond donors (Lipinski definition) is 3. The van der Waals surface area contributed by atoms with Crippen LogP contribution in [0.2, 0.25) is 10.0 Å². The molecule has 0 bridgehead atoms. The zero-order valence-electron chi connectivity index (χ0n) is 26.9. The zero-order valence-corrected chi connectivity index (χ0v) is 28.4. The van der Waals surface area contributed by atoms with E-state index >= 15 is 0 Å². The number of piperidine rings is 1. The molecule has 4 heterocycles. The third-order valence-corrected chi connectivity index (χ3v) is 9.65. The average molecular weight is 694 g/mol. The van der Waals surface area contributed by atoms with Crippen LogP contribution in [0.25, 0.3) is 22.4 Å². The highest BCUT2D eigenvalue weighted by molar-refractivity contribution is 6.39. The van der Waals surface area contributed by atoms with Gasteiger partial charge in [-0.05, 0) is 25.3 Å². The van der Waals surface area contributed by atoms with Gasteiger partial charge in [0.15, 0.2) is 0 Å². The normalized spacial score (nSPS) is 15.6. The molecule has 0 radical (unpaired) electrons. The Morgan fingerprint density at radius 3 is 2.44 bits per heavy atom. The van der Waals surface area contributed by atoms with Crippen molar-refractivity contribution in [3.8, 4) is 34.0 Å². The summed E-state index contributed by atoms with van der Waals surface area (Å²) in [4.78, 5) is 31.9. The maximum Gasteiger partial charge on any atom is 0.274 e. The predicted octanol–water partition coefficient (Wildman–Crippen LogP) is 5.09. The monoisotopic (exact) mass is 692 g/mol. The summed E-state index contributed by atoms with van der Waals surface area (Å²) in [6.45, 7) is 4.01. The molecule has 0 spiro atoms. The zero-order chi connectivity index (χ0) is 33.8. The Labute approximate surface area is 289 Å². The largest absolute Gasteiger partial charge is 0.496 e. The molecule has 252 valence electrons. The number of carbonyl (C=O) groups is 1. The van der Waals surface area contributed by atoms with E-state index in [-0.39, 0.29) is 18.4 Å². The number of carbonyl (C=O) groups excluding carboxylic acids is 1. The number of β-amino-alcohol motifs (C(OH)–C–C–N with tert-alkyl or cyclic N) is 1. The second-order valence-electron chi connectivity index (χ2n) is 11.9. The molecule has 2 aliphatic rings. The topological polar surface area (TPSA) is 133 Å². The van der Waals surface area contributed by atoms with Crippen LogP contribution in [-0.2, 0) is 19.5 Å². The number of aliphatic hydroxyl groups excluding tert-OH is 2. The molecule has 11 nitrogen and oxygen atoms in total. The van der Waals surface area contributed by atoms with Crippen LogP contribution < -0.4 is 14.8 Å². The number of fused-ring (bicyclic) bond motifs is 1. The highest BCUT2D eigenvalue weighted by atomic mass is 35.5. The standard InChI is InChI=1S/C35H38Cl2N6O5/c1-47-31-17-27(39-29-19-43(15-16-44)14-11-24(29)31)34(46)40-26-8-4-6-23(33(26)37)22-5-3-7-25(32(22)36)28-18-38-30(35(41-28)48-2)20-42-12-9-21(45)10-13-42/h3-8,17-18,21,44-45H,9-16,19-20H2,1-2H3,(H,40,46). The third kappa shape index (κ3) is 7.26. The molecule has 2 aliphatic heterocycles. The number of nitrogens with zero attached hydrogens (tertiary/aromatic N) is 5. The van der Waals surface area contributed by atoms with Crippen molar-refractivity contribution < 1.29 is 24.5 Å². The number of likely N-dealkylation sites (tertiary alicyclic amines) is 1. The smallest absolute Gasteiger partial charge is 0.274 e. The van der Waals surface area contributed by atoms with Crippen molar-refractivity contribution in [2.24, 2.45) is 0 Å². The van der Waals surface area contributed by atoms with Crippen molar-refractivity contribution in [1.82, 2.24) is 24.8 Å². The van der Waals surface area contributed by atoms with Gasteiger partial charge in [0, 0.05) is 67.6 Å². The van der Waals surface area contributed by atoms with Gasteiger partial charge in [0.05, 0.1) is 60.2 Å². The first-order valence-electron chi connectivity index (χ1n) is 15.9. The van der Waals surface area contributed by atoms with E-state index < -0.39 is 5.91 Å². The first-order chi connectivity index (χ1) is 23.3. The molecule has 1 saturated heterocycles. The Morgan fingerprint density at radius 2 is 1.71 bits per heavy atom. The Kier molecular flexibility index (Phi) is 10.7. The summed E-state index contributed by atoms with van der Waals surface area (Å²) in [5.74, 6) is 0.588. The molecule has 3 N–H and O–H groups in total. The lowest BCUT2D eigenvalue weighted by molar-refractivity contribution is 0.0781. The lowest BCUT2D eigenvalue weighted by atomic mass is 10.0. The van der Waals surface area contributed by atoms with Gasteiger partial charge in [0.25, 0.3) is 5.91 Å². The number of anilines is 1. The van der Waals surface area contributed by atoms with Gasteiger partial charge in [0.1, 0.15) is 17.1 Å². The van der Waals surface area contributed by atoms with Crippen molar-refractivity contribution in [2.45, 2.75) is 38.5 Å². The van der Waals surface area contributed by atoms with E-state index in [4.69, 9.17) is 37.7 Å². The van der Waals surface area contributed by atoms with Crippen molar-refractivity contribution in [3.05, 3.63) is 81.4 Å². The van der Waals surface area contributed by atoms with Crippen LogP contribution in [0.3, 0.4) is 0 Å². The highest BCUT2D eigenvalue weighted by Crippen LogP contribution is 2.41. The number of ether oxygens (including phenoxy) is 2. The SMILES string of the molecule is COc1cc(C(=O)Nc2cccc(-c3cccc(-c4cnc(CN5CCC(O)CC5)c(OC)n4)c3Cl)c2Cl)nc2c1CCN(CCO)C2. The fourth-order valence-corrected chi connectivity index (χ4v) is 6.84. The molecule has 1 fully saturated rings. The number of aromatic nitrogens is 3. The molecule has 13 heteroatoms. The van der Waals surface area contributed by atoms with Crippen molar-refractivity contribution in [2.75, 3.05) is 52.3 Å². The number of halogens is 2. The van der Waals surface area contributed by atoms with Crippen LogP contribution in [0.4, 0.5) is 5.69 Å². The molecule has 0 saturated carbocycles. The van der Waals surface area contributed by atoms with E-state index in [0.29, 0.717) is 81.5 Å². The fraction of sp³-hybridized carbons (Fsp3) is 0.371. The van der Waals surface area contributed by atoms with E-state index in [2.05, 4.69) is 25.1 Å². The summed E-state index contributed by atoms with van der Waals surface area (Å²) in [5.41, 5.74) is 5.51. The van der Waals surface area contributed by atoms with Gasteiger partial charge >= 0.3 is 0 Å². The van der Waals surface area contributed by atoms with Crippen molar-refractivity contribution in [3.63, 3.8) is 0 Å². The molecule has 0 atom stereocenters. The van der Waals surface area contributed by atoms with Crippen LogP contribution in [0.15, 0.2) is 48.7 Å². The Morgan fingerprint density at radius 1 is 0.979 bits per heavy atom. The second kappa shape index (κ2) is 15.1. The van der Waals surface area contributed by atoms with E-state index in [1.165, 1.54) is 0 Å². The van der Waals surface area contributed by atoms with Gasteiger partial charge in [-0.3, -0.25) is 19.6 Å². The quantitative estimate of drug-likeness (QED) is 0.206. The number of hydrogen-bond acceptors (Lipinski definition) is 10. The summed E-state index contributed by atoms with van der Waals surface area (Å²) in [7, 11) is 3.14. The minimum atomic E-state index is -0.433. The van der Waals surface area contributed by atoms with Gasteiger partial charge in [0.2, 0.25) is 5.88 Å². The van der Waals surface area contributed by atoms with Crippen LogP contribution in [0, 0.1) is 0 Å². The van der Waals surface area contributed by atoms with Crippen LogP contribution in [-0.4, -0.2) is 94.0 Å². The van der Waals surface area contributed by atoms with Gasteiger partial charge in [-0.25, -0.2) is 9.97 Å². The Bertz CT molecular complexity index is 1800. The first kappa shape index (κ1) is 34.0. The molecule has 48 heavy (non-hydrogen) atoms. The summed E-state index contributed by atoms with van der Waals surface area (Å²) >= 11 is 13.9. The summed E-state index contributed by atoms with van der Waals surface area (Å²) < 4.78 is 11.2. The summed E-state index contributed by atoms with van der Waals surface area (Å²) in [5, 5.41) is 22.9. The van der Waals surface area contributed by atoms with Gasteiger partial charge < -0.3 is 25.0 Å². The minimum Gasteiger partial charge on any atom is -0.496 e. The van der Waals surface area contributed by atoms with Crippen molar-refractivity contribution >= 4 is 34.8 Å². The predicted molar refractivity (Wildman–Crippen MR) is 185 cm³/mol. The molecule has 2 aromatic heterocycles. The minimum absolute atomic E-state index is 0.0498. The number of benzene rings is 2. The summed E-state index contributed by atoms with van der Waals surface area (Å²) in [6.07, 6.45) is 3.61. The number of methoxy groups -OCH3 is 2. The average Bonchev–Trinajstić information content (AvgIpc) is 3.10. The third-order valence-electron chi connectivity index (χ3n) is 8.84. The van der Waals surface area contributed by atoms with Gasteiger partial charge in [-0.15, -0.1) is 0 Å². The molecule has 0 unspecified atom stereocenters. The van der Waals surface area contributed by atoms with E-state index in [1.807, 2.05) is 24.3 Å². The number of rotatable bonds is 10. The molecule has 4 aromatic rings. The maximum atomic E-state index is 13.5. The molecule has 2 aromatic carbocycles. The van der Waals surface area contributed by atoms with Gasteiger partial charge in [-0.1, -0.05) is 53.5 Å². The molecular formula is C35H38Cl2N6O5. The fourth-order valence-electron chi connectivity index (χ4n) is 6.24. The summed E-state index contributed by atoms with van der Waals surface area (Å²) in [6, 6.07) is 12.6. The molecule has 6 rings (SSSR count). The highest BCUT2D eigenvalue weighted by Gasteiger charge is 2.25. The van der Waals surface area contributed by atoms with Crippen molar-refractivity contribution in [1.29, 1.82) is 0 Å². The lowest BCUT2D eigenvalue weighted by Crippen LogP contribution is -2.35. The molecule has 1 amide bonds.